The van der Waals surface area contributed by atoms with E-state index in [-0.39, 0.29) is 6.03 Å². The van der Waals surface area contributed by atoms with Crippen LogP contribution in [0.4, 0.5) is 4.79 Å². The van der Waals surface area contributed by atoms with Crippen LogP contribution in [0.3, 0.4) is 0 Å². The summed E-state index contributed by atoms with van der Waals surface area (Å²) in [7, 11) is 0. The van der Waals surface area contributed by atoms with Gasteiger partial charge in [0.15, 0.2) is 0 Å². The zero-order valence-electron chi connectivity index (χ0n) is 39.3. The van der Waals surface area contributed by atoms with Crippen LogP contribution in [-0.4, -0.2) is 24.4 Å². The van der Waals surface area contributed by atoms with Crippen molar-refractivity contribution in [2.24, 2.45) is 29.6 Å². The standard InChI is InChI=1S/C53H102N2O2/c1-46(2)32-28-24-20-16-12-8-5-6-10-14-18-22-26-30-34-52(56)45-50-37-35-48(36-38-50)44-49-39-41-51(42-40-49)55-53(57)54-43-31-27-23-19-15-11-7-9-13-17-21-25-29-33-47(3)4/h46-51H,5-45H2,1-4H3,(H2,54,55,57). The Morgan fingerprint density at radius 2 is 0.754 bits per heavy atom. The average Bonchev–Trinajstić information content (AvgIpc) is 3.18. The number of hydrogen-bond donors (Lipinski definition) is 2. The number of hydrogen-bond acceptors (Lipinski definition) is 2. The van der Waals surface area contributed by atoms with E-state index in [2.05, 4.69) is 38.3 Å². The molecule has 0 atom stereocenters. The number of Topliss-reactive ketones (excluding diaryl/α,β-unsaturated/α-hetero) is 1. The molecular formula is C53H102N2O2. The van der Waals surface area contributed by atoms with E-state index in [0.717, 1.165) is 68.7 Å². The Labute approximate surface area is 357 Å². The molecule has 0 heterocycles. The van der Waals surface area contributed by atoms with E-state index in [1.807, 2.05) is 0 Å². The summed E-state index contributed by atoms with van der Waals surface area (Å²) in [5, 5.41) is 6.42. The van der Waals surface area contributed by atoms with Gasteiger partial charge in [-0.05, 0) is 87.4 Å². The lowest BCUT2D eigenvalue weighted by molar-refractivity contribution is -0.120. The van der Waals surface area contributed by atoms with E-state index in [1.54, 1.807) is 0 Å². The molecule has 2 saturated carbocycles. The largest absolute Gasteiger partial charge is 0.338 e. The van der Waals surface area contributed by atoms with Gasteiger partial charge in [0.1, 0.15) is 5.78 Å². The van der Waals surface area contributed by atoms with Crippen LogP contribution in [-0.2, 0) is 4.79 Å². The Kier molecular flexibility index (Phi) is 33.6. The van der Waals surface area contributed by atoms with Gasteiger partial charge in [0.25, 0.3) is 0 Å². The molecule has 0 radical (unpaired) electrons. The van der Waals surface area contributed by atoms with Crippen molar-refractivity contribution >= 4 is 11.8 Å². The van der Waals surface area contributed by atoms with Crippen LogP contribution in [0.25, 0.3) is 0 Å². The molecule has 0 aromatic rings. The molecule has 0 aromatic heterocycles. The SMILES string of the molecule is CC(C)CCCCCCCCCCCCCCCCC(=O)CC1CCC(CC2CCC(NC(=O)NCCCCCCCCCCCCCCCC(C)C)CC2)CC1. The summed E-state index contributed by atoms with van der Waals surface area (Å²) in [5.74, 6) is 4.62. The van der Waals surface area contributed by atoms with Crippen LogP contribution in [0.1, 0.15) is 285 Å². The van der Waals surface area contributed by atoms with Crippen molar-refractivity contribution in [2.75, 3.05) is 6.54 Å². The van der Waals surface area contributed by atoms with Crippen molar-refractivity contribution in [2.45, 2.75) is 291 Å². The Balaban J connectivity index is 1.32. The summed E-state index contributed by atoms with van der Waals surface area (Å²) in [6.45, 7) is 10.2. The van der Waals surface area contributed by atoms with Crippen LogP contribution >= 0.6 is 0 Å². The van der Waals surface area contributed by atoms with E-state index < -0.39 is 0 Å². The van der Waals surface area contributed by atoms with Gasteiger partial charge in [-0.25, -0.2) is 4.79 Å². The summed E-state index contributed by atoms with van der Waals surface area (Å²) < 4.78 is 0. The van der Waals surface area contributed by atoms with Gasteiger partial charge in [0, 0.05) is 25.4 Å². The summed E-state index contributed by atoms with van der Waals surface area (Å²) >= 11 is 0. The Morgan fingerprint density at radius 1 is 0.421 bits per heavy atom. The highest BCUT2D eigenvalue weighted by molar-refractivity contribution is 5.78. The first-order valence-corrected chi connectivity index (χ1v) is 26.4. The molecule has 2 aliphatic rings. The highest BCUT2D eigenvalue weighted by Crippen LogP contribution is 2.38. The van der Waals surface area contributed by atoms with E-state index in [4.69, 9.17) is 0 Å². The highest BCUT2D eigenvalue weighted by Gasteiger charge is 2.28. The monoisotopic (exact) mass is 799 g/mol. The number of nitrogens with one attached hydrogen (secondary N) is 2. The first-order chi connectivity index (χ1) is 27.8. The molecule has 4 nitrogen and oxygen atoms in total. The molecular weight excluding hydrogens is 697 g/mol. The van der Waals surface area contributed by atoms with Gasteiger partial charge in [-0.2, -0.15) is 0 Å². The first kappa shape index (κ1) is 52.1. The molecule has 0 saturated heterocycles. The molecule has 0 aliphatic heterocycles. The van der Waals surface area contributed by atoms with Gasteiger partial charge in [0.2, 0.25) is 0 Å². The van der Waals surface area contributed by atoms with Crippen LogP contribution in [0.15, 0.2) is 0 Å². The Morgan fingerprint density at radius 3 is 1.16 bits per heavy atom. The fourth-order valence-electron chi connectivity index (χ4n) is 10.2. The van der Waals surface area contributed by atoms with Crippen molar-refractivity contribution in [1.82, 2.24) is 10.6 Å². The third kappa shape index (κ3) is 32.4. The predicted octanol–water partition coefficient (Wildman–Crippen LogP) is 17.0. The molecule has 336 valence electrons. The molecule has 2 N–H and O–H groups in total. The lowest BCUT2D eigenvalue weighted by atomic mass is 9.73. The third-order valence-electron chi connectivity index (χ3n) is 14.1. The molecule has 2 aliphatic carbocycles. The maximum atomic E-state index is 12.7. The van der Waals surface area contributed by atoms with Gasteiger partial charge in [-0.1, -0.05) is 214 Å². The maximum absolute atomic E-state index is 12.7. The minimum absolute atomic E-state index is 0.0517. The van der Waals surface area contributed by atoms with Crippen LogP contribution < -0.4 is 10.6 Å². The summed E-state index contributed by atoms with van der Waals surface area (Å²) in [6.07, 6.45) is 53.0. The molecule has 0 aromatic carbocycles. The number of rotatable bonds is 38. The van der Waals surface area contributed by atoms with E-state index >= 15 is 0 Å². The van der Waals surface area contributed by atoms with Crippen molar-refractivity contribution in [3.8, 4) is 0 Å². The van der Waals surface area contributed by atoms with E-state index in [1.165, 1.54) is 218 Å². The van der Waals surface area contributed by atoms with Crippen LogP contribution in [0.2, 0.25) is 0 Å². The van der Waals surface area contributed by atoms with Gasteiger partial charge in [-0.15, -0.1) is 0 Å². The normalized spacial score (nSPS) is 20.0. The van der Waals surface area contributed by atoms with Crippen LogP contribution in [0, 0.1) is 29.6 Å². The highest BCUT2D eigenvalue weighted by atomic mass is 16.2. The zero-order valence-corrected chi connectivity index (χ0v) is 39.3. The third-order valence-corrected chi connectivity index (χ3v) is 14.1. The number of ketones is 1. The van der Waals surface area contributed by atoms with Crippen molar-refractivity contribution in [3.05, 3.63) is 0 Å². The fraction of sp³-hybridized carbons (Fsp3) is 0.962. The van der Waals surface area contributed by atoms with Crippen LogP contribution in [0.5, 0.6) is 0 Å². The minimum Gasteiger partial charge on any atom is -0.338 e. The van der Waals surface area contributed by atoms with Gasteiger partial charge in [0.05, 0.1) is 0 Å². The molecule has 0 bridgehead atoms. The summed E-state index contributed by atoms with van der Waals surface area (Å²) in [4.78, 5) is 25.3. The number of unbranched alkanes of at least 4 members (excludes halogenated alkanes) is 25. The lowest BCUT2D eigenvalue weighted by Crippen LogP contribution is -2.44. The Hall–Kier alpha value is -1.06. The van der Waals surface area contributed by atoms with Crippen molar-refractivity contribution in [1.29, 1.82) is 0 Å². The fourth-order valence-corrected chi connectivity index (χ4v) is 10.2. The molecule has 0 spiro atoms. The van der Waals surface area contributed by atoms with E-state index in [9.17, 15) is 9.59 Å². The summed E-state index contributed by atoms with van der Waals surface area (Å²) in [6, 6.07) is 0.405. The molecule has 2 rings (SSSR count). The maximum Gasteiger partial charge on any atom is 0.315 e. The number of urea groups is 1. The predicted molar refractivity (Wildman–Crippen MR) is 250 cm³/mol. The summed E-state index contributed by atoms with van der Waals surface area (Å²) in [5.41, 5.74) is 0. The molecule has 2 amide bonds. The molecule has 2 fully saturated rings. The number of carbonyl (C=O) groups is 2. The molecule has 57 heavy (non-hydrogen) atoms. The van der Waals surface area contributed by atoms with E-state index in [0.29, 0.717) is 17.7 Å². The zero-order chi connectivity index (χ0) is 41.0. The smallest absolute Gasteiger partial charge is 0.315 e. The quantitative estimate of drug-likeness (QED) is 0.0611. The van der Waals surface area contributed by atoms with Gasteiger partial charge in [-0.3, -0.25) is 4.79 Å². The first-order valence-electron chi connectivity index (χ1n) is 26.4. The second-order valence-corrected chi connectivity index (χ2v) is 20.6. The van der Waals surface area contributed by atoms with Crippen molar-refractivity contribution < 1.29 is 9.59 Å². The van der Waals surface area contributed by atoms with Gasteiger partial charge < -0.3 is 10.6 Å². The molecule has 4 heteroatoms. The minimum atomic E-state index is 0.0517. The molecule has 0 unspecified atom stereocenters. The number of carbonyl (C=O) groups excluding carboxylic acids is 2. The second-order valence-electron chi connectivity index (χ2n) is 20.6. The number of amides is 2. The lowest BCUT2D eigenvalue weighted by Gasteiger charge is -2.34. The van der Waals surface area contributed by atoms with Gasteiger partial charge >= 0.3 is 6.03 Å². The topological polar surface area (TPSA) is 58.2 Å². The second kappa shape index (κ2) is 36.8. The Bertz CT molecular complexity index is 829. The average molecular weight is 799 g/mol. The van der Waals surface area contributed by atoms with Crippen molar-refractivity contribution in [3.63, 3.8) is 0 Å².